The maximum atomic E-state index is 11.2. The van der Waals surface area contributed by atoms with Crippen LogP contribution in [0.4, 0.5) is 0 Å². The van der Waals surface area contributed by atoms with Gasteiger partial charge in [-0.05, 0) is 18.1 Å². The van der Waals surface area contributed by atoms with Crippen molar-refractivity contribution in [3.63, 3.8) is 0 Å². The van der Waals surface area contributed by atoms with Gasteiger partial charge in [-0.3, -0.25) is 4.79 Å². The molecular formula is C12H14Cl2O2. The predicted molar refractivity (Wildman–Crippen MR) is 66.6 cm³/mol. The smallest absolute Gasteiger partial charge is 0.138 e. The van der Waals surface area contributed by atoms with Crippen molar-refractivity contribution in [2.75, 3.05) is 7.11 Å². The number of hydrogen-bond donors (Lipinski definition) is 0. The first-order valence-electron chi connectivity index (χ1n) is 5.12. The molecule has 0 radical (unpaired) electrons. The molecule has 0 aliphatic heterocycles. The van der Waals surface area contributed by atoms with Gasteiger partial charge in [0.1, 0.15) is 16.6 Å². The van der Waals surface area contributed by atoms with Crippen LogP contribution in [0.3, 0.4) is 0 Å². The van der Waals surface area contributed by atoms with Crippen LogP contribution in [0.1, 0.15) is 25.3 Å². The third-order valence-corrected chi connectivity index (χ3v) is 3.32. The Morgan fingerprint density at radius 2 is 2.00 bits per heavy atom. The summed E-state index contributed by atoms with van der Waals surface area (Å²) in [7, 11) is 1.54. The summed E-state index contributed by atoms with van der Waals surface area (Å²) in [5, 5.41) is 0.885. The fourth-order valence-electron chi connectivity index (χ4n) is 1.37. The first kappa shape index (κ1) is 13.3. The Morgan fingerprint density at radius 3 is 2.56 bits per heavy atom. The van der Waals surface area contributed by atoms with Crippen molar-refractivity contribution in [3.05, 3.63) is 27.7 Å². The minimum Gasteiger partial charge on any atom is -0.495 e. The molecule has 0 aliphatic carbocycles. The molecule has 16 heavy (non-hydrogen) atoms. The number of rotatable bonds is 5. The lowest BCUT2D eigenvalue weighted by Gasteiger charge is -2.09. The van der Waals surface area contributed by atoms with E-state index in [0.717, 1.165) is 5.56 Å². The third-order valence-electron chi connectivity index (χ3n) is 2.41. The van der Waals surface area contributed by atoms with Crippen LogP contribution in [-0.2, 0) is 11.2 Å². The minimum absolute atomic E-state index is 0.225. The molecule has 0 aliphatic rings. The molecule has 1 aromatic rings. The second kappa shape index (κ2) is 6.12. The predicted octanol–water partition coefficient (Wildman–Crippen LogP) is 3.91. The lowest BCUT2D eigenvalue weighted by Crippen LogP contribution is -1.99. The first-order chi connectivity index (χ1) is 7.60. The number of ether oxygens (including phenoxy) is 1. The zero-order valence-corrected chi connectivity index (χ0v) is 10.9. The standard InChI is InChI=1S/C12H14Cl2O2/c1-3-9(15)6-4-8-5-7-10(16-2)12(14)11(8)13/h5,7H,3-4,6H2,1-2H3. The second-order valence-corrected chi connectivity index (χ2v) is 4.20. The Balaban J connectivity index is 2.82. The molecule has 0 spiro atoms. The molecule has 88 valence electrons. The van der Waals surface area contributed by atoms with E-state index in [1.807, 2.05) is 13.0 Å². The summed E-state index contributed by atoms with van der Waals surface area (Å²) in [5.41, 5.74) is 0.884. The fourth-order valence-corrected chi connectivity index (χ4v) is 1.89. The number of hydrogen-bond acceptors (Lipinski definition) is 2. The van der Waals surface area contributed by atoms with Gasteiger partial charge in [0.2, 0.25) is 0 Å². The summed E-state index contributed by atoms with van der Waals surface area (Å²) in [5.74, 6) is 0.778. The topological polar surface area (TPSA) is 26.3 Å². The molecular weight excluding hydrogens is 247 g/mol. The number of methoxy groups -OCH3 is 1. The van der Waals surface area contributed by atoms with E-state index in [4.69, 9.17) is 27.9 Å². The Kier molecular flexibility index (Phi) is 5.10. The minimum atomic E-state index is 0.225. The van der Waals surface area contributed by atoms with Gasteiger partial charge in [0.25, 0.3) is 0 Å². The Hall–Kier alpha value is -0.730. The molecule has 0 amide bonds. The van der Waals surface area contributed by atoms with Crippen molar-refractivity contribution in [3.8, 4) is 5.75 Å². The molecule has 0 unspecified atom stereocenters. The van der Waals surface area contributed by atoms with Gasteiger partial charge in [-0.25, -0.2) is 0 Å². The van der Waals surface area contributed by atoms with Crippen LogP contribution in [-0.4, -0.2) is 12.9 Å². The molecule has 0 saturated carbocycles. The molecule has 0 aromatic heterocycles. The van der Waals surface area contributed by atoms with Crippen molar-refractivity contribution >= 4 is 29.0 Å². The molecule has 1 aromatic carbocycles. The highest BCUT2D eigenvalue weighted by atomic mass is 35.5. The van der Waals surface area contributed by atoms with Crippen LogP contribution in [0.5, 0.6) is 5.75 Å². The molecule has 0 bridgehead atoms. The summed E-state index contributed by atoms with van der Waals surface area (Å²) >= 11 is 12.1. The normalized spacial score (nSPS) is 10.2. The molecule has 0 atom stereocenters. The summed E-state index contributed by atoms with van der Waals surface area (Å²) in [6.07, 6.45) is 1.68. The number of aryl methyl sites for hydroxylation is 1. The van der Waals surface area contributed by atoms with E-state index in [-0.39, 0.29) is 5.78 Å². The zero-order valence-electron chi connectivity index (χ0n) is 9.35. The van der Waals surface area contributed by atoms with Crippen LogP contribution in [0.15, 0.2) is 12.1 Å². The number of Topliss-reactive ketones (excluding diaryl/α,β-unsaturated/α-hetero) is 1. The molecule has 0 N–H and O–H groups in total. The number of ketones is 1. The van der Waals surface area contributed by atoms with Gasteiger partial charge >= 0.3 is 0 Å². The average Bonchev–Trinajstić information content (AvgIpc) is 2.30. The Morgan fingerprint density at radius 1 is 1.31 bits per heavy atom. The average molecular weight is 261 g/mol. The van der Waals surface area contributed by atoms with Crippen LogP contribution < -0.4 is 4.74 Å². The van der Waals surface area contributed by atoms with Crippen molar-refractivity contribution in [2.45, 2.75) is 26.2 Å². The van der Waals surface area contributed by atoms with E-state index in [9.17, 15) is 4.79 Å². The highest BCUT2D eigenvalue weighted by Gasteiger charge is 2.11. The van der Waals surface area contributed by atoms with Gasteiger partial charge in [0, 0.05) is 12.8 Å². The van der Waals surface area contributed by atoms with Gasteiger partial charge in [-0.1, -0.05) is 36.2 Å². The van der Waals surface area contributed by atoms with E-state index in [1.165, 1.54) is 7.11 Å². The first-order valence-corrected chi connectivity index (χ1v) is 5.88. The molecule has 0 fully saturated rings. The quantitative estimate of drug-likeness (QED) is 0.803. The maximum Gasteiger partial charge on any atom is 0.138 e. The van der Waals surface area contributed by atoms with Gasteiger partial charge in [-0.2, -0.15) is 0 Å². The molecule has 1 rings (SSSR count). The zero-order chi connectivity index (χ0) is 12.1. The third kappa shape index (κ3) is 3.13. The number of carbonyl (C=O) groups is 1. The van der Waals surface area contributed by atoms with Crippen molar-refractivity contribution < 1.29 is 9.53 Å². The highest BCUT2D eigenvalue weighted by molar-refractivity contribution is 6.43. The van der Waals surface area contributed by atoms with E-state index in [1.54, 1.807) is 6.07 Å². The molecule has 2 nitrogen and oxygen atoms in total. The monoisotopic (exact) mass is 260 g/mol. The number of halogens is 2. The lowest BCUT2D eigenvalue weighted by molar-refractivity contribution is -0.118. The van der Waals surface area contributed by atoms with Crippen LogP contribution >= 0.6 is 23.2 Å². The highest BCUT2D eigenvalue weighted by Crippen LogP contribution is 2.34. The van der Waals surface area contributed by atoms with E-state index >= 15 is 0 Å². The van der Waals surface area contributed by atoms with Crippen LogP contribution in [0, 0.1) is 0 Å². The molecule has 0 saturated heterocycles. The van der Waals surface area contributed by atoms with Crippen molar-refractivity contribution in [2.24, 2.45) is 0 Å². The van der Waals surface area contributed by atoms with E-state index in [2.05, 4.69) is 0 Å². The lowest BCUT2D eigenvalue weighted by atomic mass is 10.1. The number of carbonyl (C=O) groups excluding carboxylic acids is 1. The second-order valence-electron chi connectivity index (χ2n) is 3.45. The van der Waals surface area contributed by atoms with Gasteiger partial charge < -0.3 is 4.74 Å². The van der Waals surface area contributed by atoms with Crippen molar-refractivity contribution in [1.82, 2.24) is 0 Å². The summed E-state index contributed by atoms with van der Waals surface area (Å²) in [6.45, 7) is 1.85. The van der Waals surface area contributed by atoms with Crippen molar-refractivity contribution in [1.29, 1.82) is 0 Å². The van der Waals surface area contributed by atoms with E-state index < -0.39 is 0 Å². The summed E-state index contributed by atoms with van der Waals surface area (Å²) in [6, 6.07) is 3.61. The Labute approximate surface area is 106 Å². The van der Waals surface area contributed by atoms with Crippen LogP contribution in [0.2, 0.25) is 10.0 Å². The summed E-state index contributed by atoms with van der Waals surface area (Å²) in [4.78, 5) is 11.2. The molecule has 4 heteroatoms. The number of benzene rings is 1. The maximum absolute atomic E-state index is 11.2. The fraction of sp³-hybridized carbons (Fsp3) is 0.417. The SMILES string of the molecule is CCC(=O)CCc1ccc(OC)c(Cl)c1Cl. The molecule has 0 heterocycles. The van der Waals surface area contributed by atoms with Crippen LogP contribution in [0.25, 0.3) is 0 Å². The van der Waals surface area contributed by atoms with Gasteiger partial charge in [0.05, 0.1) is 12.1 Å². The largest absolute Gasteiger partial charge is 0.495 e. The van der Waals surface area contributed by atoms with Gasteiger partial charge in [-0.15, -0.1) is 0 Å². The Bertz CT molecular complexity index is 389. The summed E-state index contributed by atoms with van der Waals surface area (Å²) < 4.78 is 5.04. The van der Waals surface area contributed by atoms with E-state index in [0.29, 0.717) is 35.1 Å². The van der Waals surface area contributed by atoms with Gasteiger partial charge in [0.15, 0.2) is 0 Å².